The maximum absolute atomic E-state index is 12.9. The molecule has 7 heteroatoms. The lowest BCUT2D eigenvalue weighted by Gasteiger charge is -2.25. The van der Waals surface area contributed by atoms with Crippen LogP contribution >= 0.6 is 11.3 Å². The summed E-state index contributed by atoms with van der Waals surface area (Å²) in [7, 11) is 0. The third kappa shape index (κ3) is 6.06. The number of carbonyl (C=O) groups excluding carboxylic acids is 1. The monoisotopic (exact) mass is 543 g/mol. The van der Waals surface area contributed by atoms with Gasteiger partial charge >= 0.3 is 5.97 Å². The van der Waals surface area contributed by atoms with Crippen molar-refractivity contribution in [1.29, 1.82) is 5.41 Å². The molecular weight excluding hydrogens is 518 g/mol. The van der Waals surface area contributed by atoms with Crippen molar-refractivity contribution in [3.8, 4) is 10.4 Å². The van der Waals surface area contributed by atoms with Gasteiger partial charge in [-0.05, 0) is 72.3 Å². The number of carboxylic acids is 1. The van der Waals surface area contributed by atoms with Crippen molar-refractivity contribution in [2.45, 2.75) is 0 Å². The van der Waals surface area contributed by atoms with Crippen molar-refractivity contribution in [2.75, 3.05) is 10.2 Å². The number of benzene rings is 4. The molecule has 0 unspecified atom stereocenters. The lowest BCUT2D eigenvalue weighted by Crippen LogP contribution is -2.25. The van der Waals surface area contributed by atoms with Crippen molar-refractivity contribution in [3.05, 3.63) is 138 Å². The summed E-state index contributed by atoms with van der Waals surface area (Å²) in [6.45, 7) is 0. The molecule has 0 aliphatic heterocycles. The summed E-state index contributed by atoms with van der Waals surface area (Å²) >= 11 is 1.41. The average molecular weight is 544 g/mol. The number of carboxylic acid groups (broad SMARTS) is 1. The second-order valence-electron chi connectivity index (χ2n) is 8.81. The number of hydrogen-bond acceptors (Lipinski definition) is 5. The van der Waals surface area contributed by atoms with E-state index >= 15 is 0 Å². The van der Waals surface area contributed by atoms with Gasteiger partial charge in [-0.25, -0.2) is 4.79 Å². The molecule has 5 aromatic rings. The Bertz CT molecular complexity index is 1620. The van der Waals surface area contributed by atoms with Crippen molar-refractivity contribution in [2.24, 2.45) is 0 Å². The van der Waals surface area contributed by atoms with Crippen LogP contribution in [0.5, 0.6) is 0 Å². The standard InChI is InChI=1S/C33H25N3O3S/c34-31(33(38)39)29(32(37)35-24-10-4-1-5-11-24)22-28-20-21-30(40-28)23-16-18-27(19-17-23)36(25-12-6-2-7-13-25)26-14-8-3-9-15-26/h1-22,34H,(H,35,37)(H,38,39)/b29-22-,34-31?. The van der Waals surface area contributed by atoms with E-state index in [1.54, 1.807) is 24.3 Å². The molecule has 0 bridgehead atoms. The van der Waals surface area contributed by atoms with Crippen LogP contribution in [-0.4, -0.2) is 22.7 Å². The van der Waals surface area contributed by atoms with Crippen molar-refractivity contribution < 1.29 is 14.7 Å². The Balaban J connectivity index is 1.42. The van der Waals surface area contributed by atoms with E-state index in [4.69, 9.17) is 5.41 Å². The molecule has 4 aromatic carbocycles. The van der Waals surface area contributed by atoms with Gasteiger partial charge in [-0.2, -0.15) is 0 Å². The zero-order valence-corrected chi connectivity index (χ0v) is 22.1. The van der Waals surface area contributed by atoms with E-state index in [2.05, 4.69) is 46.6 Å². The van der Waals surface area contributed by atoms with Gasteiger partial charge < -0.3 is 15.3 Å². The highest BCUT2D eigenvalue weighted by Crippen LogP contribution is 2.36. The molecule has 0 aliphatic carbocycles. The summed E-state index contributed by atoms with van der Waals surface area (Å²) in [5.74, 6) is -2.12. The molecule has 196 valence electrons. The van der Waals surface area contributed by atoms with Gasteiger partial charge in [0, 0.05) is 32.5 Å². The van der Waals surface area contributed by atoms with Gasteiger partial charge in [0.05, 0.1) is 5.57 Å². The Hall–Kier alpha value is -5.27. The number of rotatable bonds is 9. The van der Waals surface area contributed by atoms with Crippen molar-refractivity contribution >= 4 is 57.8 Å². The first-order valence-electron chi connectivity index (χ1n) is 12.5. The summed E-state index contributed by atoms with van der Waals surface area (Å²) in [6.07, 6.45) is 1.45. The molecule has 0 spiro atoms. The summed E-state index contributed by atoms with van der Waals surface area (Å²) in [4.78, 5) is 28.3. The van der Waals surface area contributed by atoms with Crippen LogP contribution in [0.2, 0.25) is 0 Å². The topological polar surface area (TPSA) is 93.5 Å². The first-order chi connectivity index (χ1) is 19.5. The largest absolute Gasteiger partial charge is 0.477 e. The van der Waals surface area contributed by atoms with Crippen LogP contribution in [0.25, 0.3) is 16.5 Å². The minimum Gasteiger partial charge on any atom is -0.477 e. The highest BCUT2D eigenvalue weighted by atomic mass is 32.1. The van der Waals surface area contributed by atoms with Gasteiger partial charge in [0.2, 0.25) is 0 Å². The molecule has 0 aliphatic rings. The van der Waals surface area contributed by atoms with E-state index in [0.29, 0.717) is 10.6 Å². The number of hydrogen-bond donors (Lipinski definition) is 3. The van der Waals surface area contributed by atoms with E-state index in [0.717, 1.165) is 27.5 Å². The minimum absolute atomic E-state index is 0.221. The first-order valence-corrected chi connectivity index (χ1v) is 13.3. The van der Waals surface area contributed by atoms with E-state index in [1.165, 1.54) is 17.4 Å². The Morgan fingerprint density at radius 2 is 1.23 bits per heavy atom. The number of nitrogens with zero attached hydrogens (tertiary/aromatic N) is 1. The third-order valence-electron chi connectivity index (χ3n) is 6.11. The van der Waals surface area contributed by atoms with Crippen LogP contribution in [-0.2, 0) is 9.59 Å². The highest BCUT2D eigenvalue weighted by molar-refractivity contribution is 7.16. The van der Waals surface area contributed by atoms with E-state index < -0.39 is 17.6 Å². The van der Waals surface area contributed by atoms with Gasteiger partial charge in [-0.15, -0.1) is 11.3 Å². The Morgan fingerprint density at radius 1 is 0.700 bits per heavy atom. The third-order valence-corrected chi connectivity index (χ3v) is 7.19. The fraction of sp³-hybridized carbons (Fsp3) is 0. The molecule has 5 rings (SSSR count). The van der Waals surface area contributed by atoms with Crippen LogP contribution < -0.4 is 10.2 Å². The van der Waals surface area contributed by atoms with Gasteiger partial charge in [0.15, 0.2) is 5.71 Å². The summed E-state index contributed by atoms with van der Waals surface area (Å²) in [5.41, 5.74) is 3.62. The van der Waals surface area contributed by atoms with E-state index in [1.807, 2.05) is 66.7 Å². The Morgan fingerprint density at radius 3 is 1.77 bits per heavy atom. The van der Waals surface area contributed by atoms with Gasteiger partial charge in [0.25, 0.3) is 5.91 Å². The molecule has 3 N–H and O–H groups in total. The predicted octanol–water partition coefficient (Wildman–Crippen LogP) is 8.01. The van der Waals surface area contributed by atoms with Crippen LogP contribution in [0.3, 0.4) is 0 Å². The molecule has 40 heavy (non-hydrogen) atoms. The minimum atomic E-state index is -1.47. The average Bonchev–Trinajstić information content (AvgIpc) is 3.46. The highest BCUT2D eigenvalue weighted by Gasteiger charge is 2.21. The number of carbonyl (C=O) groups is 2. The zero-order chi connectivity index (χ0) is 27.9. The summed E-state index contributed by atoms with van der Waals surface area (Å²) in [6, 6.07) is 41.0. The number of amides is 1. The quantitative estimate of drug-likeness (QED) is 0.130. The van der Waals surface area contributed by atoms with Crippen molar-refractivity contribution in [3.63, 3.8) is 0 Å². The number of aliphatic carboxylic acids is 1. The van der Waals surface area contributed by atoms with Crippen LogP contribution in [0, 0.1) is 5.41 Å². The number of nitrogens with one attached hydrogen (secondary N) is 2. The molecular formula is C33H25N3O3S. The Labute approximate surface area is 236 Å². The van der Waals surface area contributed by atoms with E-state index in [-0.39, 0.29) is 5.57 Å². The molecule has 0 saturated heterocycles. The lowest BCUT2D eigenvalue weighted by atomic mass is 10.1. The molecule has 0 atom stereocenters. The lowest BCUT2D eigenvalue weighted by molar-refractivity contribution is -0.129. The smallest absolute Gasteiger partial charge is 0.354 e. The van der Waals surface area contributed by atoms with Crippen LogP contribution in [0.4, 0.5) is 22.7 Å². The molecule has 0 saturated carbocycles. The van der Waals surface area contributed by atoms with Crippen LogP contribution in [0.1, 0.15) is 4.88 Å². The maximum Gasteiger partial charge on any atom is 0.354 e. The number of thiophene rings is 1. The fourth-order valence-electron chi connectivity index (χ4n) is 4.19. The molecule has 1 aromatic heterocycles. The van der Waals surface area contributed by atoms with Crippen molar-refractivity contribution in [1.82, 2.24) is 0 Å². The van der Waals surface area contributed by atoms with Gasteiger partial charge in [-0.1, -0.05) is 66.7 Å². The fourth-order valence-corrected chi connectivity index (χ4v) is 5.15. The predicted molar refractivity (Wildman–Crippen MR) is 163 cm³/mol. The molecule has 0 fully saturated rings. The summed E-state index contributed by atoms with van der Waals surface area (Å²) in [5, 5.41) is 20.1. The Kier molecular flexibility index (Phi) is 7.94. The van der Waals surface area contributed by atoms with Gasteiger partial charge in [0.1, 0.15) is 0 Å². The second-order valence-corrected chi connectivity index (χ2v) is 9.93. The molecule has 1 heterocycles. The first kappa shape index (κ1) is 26.3. The normalized spacial score (nSPS) is 11.1. The number of para-hydroxylation sites is 3. The molecule has 1 amide bonds. The second kappa shape index (κ2) is 12.1. The molecule has 0 radical (unpaired) electrons. The summed E-state index contributed by atoms with van der Waals surface area (Å²) < 4.78 is 0. The number of anilines is 4. The van der Waals surface area contributed by atoms with E-state index in [9.17, 15) is 14.7 Å². The molecule has 6 nitrogen and oxygen atoms in total. The van der Waals surface area contributed by atoms with Gasteiger partial charge in [-0.3, -0.25) is 10.2 Å². The zero-order valence-electron chi connectivity index (χ0n) is 21.3. The van der Waals surface area contributed by atoms with Crippen LogP contribution in [0.15, 0.2) is 133 Å². The maximum atomic E-state index is 12.9. The SMILES string of the molecule is N=C(C(=O)O)/C(=C/c1ccc(-c2ccc(N(c3ccccc3)c3ccccc3)cc2)s1)C(=O)Nc1ccccc1.